The van der Waals surface area contributed by atoms with Crippen LogP contribution >= 0.6 is 27.5 Å². The molecule has 0 spiro atoms. The summed E-state index contributed by atoms with van der Waals surface area (Å²) in [5.74, 6) is -0.181. The molecule has 1 unspecified atom stereocenters. The van der Waals surface area contributed by atoms with Gasteiger partial charge in [0.2, 0.25) is 0 Å². The Morgan fingerprint density at radius 3 is 2.68 bits per heavy atom. The molecule has 100 valence electrons. The number of pyridine rings is 1. The van der Waals surface area contributed by atoms with Crippen molar-refractivity contribution in [2.45, 2.75) is 6.10 Å². The molecule has 0 bridgehead atoms. The van der Waals surface area contributed by atoms with Crippen LogP contribution in [0, 0.1) is 5.82 Å². The second kappa shape index (κ2) is 6.32. The zero-order valence-corrected chi connectivity index (χ0v) is 12.2. The average molecular weight is 346 g/mol. The Bertz CT molecular complexity index is 568. The molecule has 2 N–H and O–H groups in total. The predicted octanol–water partition coefficient (Wildman–Crippen LogP) is 3.72. The van der Waals surface area contributed by atoms with Crippen molar-refractivity contribution in [3.63, 3.8) is 0 Å². The van der Waals surface area contributed by atoms with Crippen LogP contribution in [0.5, 0.6) is 5.75 Å². The molecule has 0 aliphatic heterocycles. The second-order valence-electron chi connectivity index (χ2n) is 3.82. The van der Waals surface area contributed by atoms with Crippen molar-refractivity contribution in [3.8, 4) is 5.75 Å². The molecule has 19 heavy (non-hydrogen) atoms. The molecule has 1 aromatic carbocycles. The molecule has 1 heterocycles. The Morgan fingerprint density at radius 2 is 2.05 bits per heavy atom. The van der Waals surface area contributed by atoms with E-state index in [1.165, 1.54) is 12.1 Å². The topological polar surface area (TPSA) is 48.1 Å². The van der Waals surface area contributed by atoms with E-state index in [0.717, 1.165) is 5.56 Å². The first-order valence-corrected chi connectivity index (χ1v) is 6.70. The summed E-state index contributed by atoms with van der Waals surface area (Å²) in [6.45, 7) is 0.265. The largest absolute Gasteiger partial charge is 0.483 e. The summed E-state index contributed by atoms with van der Waals surface area (Å²) >= 11 is 8.96. The Labute approximate surface area is 123 Å². The van der Waals surface area contributed by atoms with Crippen molar-refractivity contribution in [1.29, 1.82) is 0 Å². The monoisotopic (exact) mass is 344 g/mol. The van der Waals surface area contributed by atoms with E-state index < -0.39 is 5.82 Å². The number of rotatable bonds is 4. The van der Waals surface area contributed by atoms with Gasteiger partial charge >= 0.3 is 0 Å². The van der Waals surface area contributed by atoms with Gasteiger partial charge in [-0.3, -0.25) is 4.98 Å². The molecule has 3 nitrogen and oxygen atoms in total. The highest BCUT2D eigenvalue weighted by Gasteiger charge is 2.15. The predicted molar refractivity (Wildman–Crippen MR) is 75.8 cm³/mol. The van der Waals surface area contributed by atoms with Crippen LogP contribution < -0.4 is 10.5 Å². The van der Waals surface area contributed by atoms with Crippen LogP contribution in [0.25, 0.3) is 0 Å². The molecule has 0 amide bonds. The minimum atomic E-state index is -0.537. The number of ether oxygens (including phenoxy) is 1. The maximum Gasteiger partial charge on any atom is 0.145 e. The molecule has 0 saturated carbocycles. The van der Waals surface area contributed by atoms with E-state index in [1.807, 2.05) is 0 Å². The molecular formula is C13H11BrClFN2O. The van der Waals surface area contributed by atoms with Gasteiger partial charge in [0.15, 0.2) is 0 Å². The Morgan fingerprint density at radius 1 is 1.37 bits per heavy atom. The first-order valence-electron chi connectivity index (χ1n) is 5.53. The maximum atomic E-state index is 13.4. The number of benzene rings is 1. The fourth-order valence-electron chi connectivity index (χ4n) is 1.58. The summed E-state index contributed by atoms with van der Waals surface area (Å²) in [6, 6.07) is 6.29. The molecular weight excluding hydrogens is 335 g/mol. The van der Waals surface area contributed by atoms with Crippen LogP contribution in [-0.4, -0.2) is 11.5 Å². The average Bonchev–Trinajstić information content (AvgIpc) is 2.42. The van der Waals surface area contributed by atoms with Gasteiger partial charge in [0, 0.05) is 25.0 Å². The fourth-order valence-corrected chi connectivity index (χ4v) is 2.31. The Hall–Kier alpha value is -1.17. The first-order chi connectivity index (χ1) is 9.11. The number of nitrogens with zero attached hydrogens (tertiary/aromatic N) is 1. The third kappa shape index (κ3) is 3.43. The lowest BCUT2D eigenvalue weighted by atomic mass is 10.1. The van der Waals surface area contributed by atoms with Crippen LogP contribution in [-0.2, 0) is 0 Å². The van der Waals surface area contributed by atoms with Crippen molar-refractivity contribution < 1.29 is 9.13 Å². The van der Waals surface area contributed by atoms with E-state index >= 15 is 0 Å². The lowest BCUT2D eigenvalue weighted by Gasteiger charge is -2.18. The van der Waals surface area contributed by atoms with Crippen LogP contribution in [0.15, 0.2) is 41.1 Å². The first kappa shape index (κ1) is 14.2. The van der Waals surface area contributed by atoms with Gasteiger partial charge in [-0.05, 0) is 39.7 Å². The summed E-state index contributed by atoms with van der Waals surface area (Å²) in [5, 5.41) is 0.0347. The van der Waals surface area contributed by atoms with Crippen LogP contribution in [0.1, 0.15) is 11.7 Å². The summed E-state index contributed by atoms with van der Waals surface area (Å²) in [5.41, 5.74) is 6.56. The summed E-state index contributed by atoms with van der Waals surface area (Å²) < 4.78 is 19.7. The lowest BCUT2D eigenvalue weighted by molar-refractivity contribution is 0.212. The normalized spacial score (nSPS) is 12.2. The molecule has 0 radical (unpaired) electrons. The highest BCUT2D eigenvalue weighted by molar-refractivity contribution is 9.10. The summed E-state index contributed by atoms with van der Waals surface area (Å²) in [7, 11) is 0. The van der Waals surface area contributed by atoms with Crippen molar-refractivity contribution in [2.75, 3.05) is 6.54 Å². The SMILES string of the molecule is NCC(Oc1cc(F)c(Cl)cc1Br)c1ccncc1. The number of nitrogens with two attached hydrogens (primary N) is 1. The van der Waals surface area contributed by atoms with E-state index in [4.69, 9.17) is 22.1 Å². The summed E-state index contributed by atoms with van der Waals surface area (Å²) in [6.07, 6.45) is 2.93. The zero-order chi connectivity index (χ0) is 13.8. The molecule has 2 rings (SSSR count). The molecule has 2 aromatic rings. The van der Waals surface area contributed by atoms with Crippen LogP contribution in [0.4, 0.5) is 4.39 Å². The van der Waals surface area contributed by atoms with Gasteiger partial charge in [-0.25, -0.2) is 4.39 Å². The number of hydrogen-bond acceptors (Lipinski definition) is 3. The minimum Gasteiger partial charge on any atom is -0.483 e. The molecule has 0 aliphatic carbocycles. The van der Waals surface area contributed by atoms with Crippen LogP contribution in [0.2, 0.25) is 5.02 Å². The van der Waals surface area contributed by atoms with Crippen molar-refractivity contribution in [1.82, 2.24) is 4.98 Å². The molecule has 6 heteroatoms. The maximum absolute atomic E-state index is 13.4. The van der Waals surface area contributed by atoms with Gasteiger partial charge in [-0.15, -0.1) is 0 Å². The standard InChI is InChI=1S/C13H11BrClFN2O/c14-9-5-10(15)11(16)6-12(9)19-13(7-17)8-1-3-18-4-2-8/h1-6,13H,7,17H2. The lowest BCUT2D eigenvalue weighted by Crippen LogP contribution is -2.18. The highest BCUT2D eigenvalue weighted by atomic mass is 79.9. The van der Waals surface area contributed by atoms with Gasteiger partial charge in [0.05, 0.1) is 9.50 Å². The van der Waals surface area contributed by atoms with E-state index in [-0.39, 0.29) is 17.7 Å². The van der Waals surface area contributed by atoms with Gasteiger partial charge in [0.25, 0.3) is 0 Å². The molecule has 0 aliphatic rings. The number of aromatic nitrogens is 1. The van der Waals surface area contributed by atoms with Crippen molar-refractivity contribution in [3.05, 3.63) is 57.5 Å². The van der Waals surface area contributed by atoms with Gasteiger partial charge in [-0.2, -0.15) is 0 Å². The van der Waals surface area contributed by atoms with E-state index in [0.29, 0.717) is 10.2 Å². The minimum absolute atomic E-state index is 0.0347. The van der Waals surface area contributed by atoms with E-state index in [9.17, 15) is 4.39 Å². The number of halogens is 3. The number of hydrogen-bond donors (Lipinski definition) is 1. The molecule has 1 aromatic heterocycles. The molecule has 0 fully saturated rings. The van der Waals surface area contributed by atoms with Gasteiger partial charge in [0.1, 0.15) is 17.7 Å². The Kier molecular flexibility index (Phi) is 4.74. The smallest absolute Gasteiger partial charge is 0.145 e. The van der Waals surface area contributed by atoms with E-state index in [2.05, 4.69) is 20.9 Å². The van der Waals surface area contributed by atoms with Crippen LogP contribution in [0.3, 0.4) is 0 Å². The fraction of sp³-hybridized carbons (Fsp3) is 0.154. The van der Waals surface area contributed by atoms with Gasteiger partial charge in [-0.1, -0.05) is 11.6 Å². The summed E-state index contributed by atoms with van der Waals surface area (Å²) in [4.78, 5) is 3.93. The molecule has 0 saturated heterocycles. The second-order valence-corrected chi connectivity index (χ2v) is 5.08. The third-order valence-electron chi connectivity index (χ3n) is 2.54. The quantitative estimate of drug-likeness (QED) is 0.859. The van der Waals surface area contributed by atoms with E-state index in [1.54, 1.807) is 24.5 Å². The molecule has 1 atom stereocenters. The zero-order valence-electron chi connectivity index (χ0n) is 9.82. The Balaban J connectivity index is 2.26. The van der Waals surface area contributed by atoms with Crippen molar-refractivity contribution >= 4 is 27.5 Å². The third-order valence-corrected chi connectivity index (χ3v) is 3.45. The van der Waals surface area contributed by atoms with Crippen molar-refractivity contribution in [2.24, 2.45) is 5.73 Å². The highest BCUT2D eigenvalue weighted by Crippen LogP contribution is 2.33. The van der Waals surface area contributed by atoms with Gasteiger partial charge < -0.3 is 10.5 Å².